The standard InChI is InChI=1S/C9H15N3O3/c10-6(4-8(11)14)7(13)5-12-3-1-2-9(12)15/h6H,1-5,10H2,(H2,11,14)/t6-/m0/s1. The fourth-order valence-corrected chi connectivity index (χ4v) is 1.51. The van der Waals surface area contributed by atoms with Gasteiger partial charge in [-0.05, 0) is 6.42 Å². The first kappa shape index (κ1) is 11.6. The maximum Gasteiger partial charge on any atom is 0.223 e. The second-order valence-electron chi connectivity index (χ2n) is 3.66. The Bertz CT molecular complexity index is 290. The number of primary amides is 1. The molecule has 1 atom stereocenters. The van der Waals surface area contributed by atoms with Crippen molar-refractivity contribution in [1.82, 2.24) is 4.90 Å². The van der Waals surface area contributed by atoms with Gasteiger partial charge in [0, 0.05) is 19.4 Å². The summed E-state index contributed by atoms with van der Waals surface area (Å²) in [5.74, 6) is -0.956. The van der Waals surface area contributed by atoms with E-state index < -0.39 is 11.9 Å². The van der Waals surface area contributed by atoms with E-state index in [-0.39, 0.29) is 24.7 Å². The van der Waals surface area contributed by atoms with Gasteiger partial charge in [0.15, 0.2) is 5.78 Å². The second kappa shape index (κ2) is 4.88. The Morgan fingerprint density at radius 1 is 1.47 bits per heavy atom. The molecule has 0 aromatic rings. The van der Waals surface area contributed by atoms with Crippen molar-refractivity contribution in [2.24, 2.45) is 11.5 Å². The van der Waals surface area contributed by atoms with Crippen molar-refractivity contribution in [3.63, 3.8) is 0 Å². The Morgan fingerprint density at radius 2 is 2.13 bits per heavy atom. The van der Waals surface area contributed by atoms with Crippen LogP contribution in [0.2, 0.25) is 0 Å². The highest BCUT2D eigenvalue weighted by Crippen LogP contribution is 2.09. The summed E-state index contributed by atoms with van der Waals surface area (Å²) in [6, 6.07) is -0.893. The van der Waals surface area contributed by atoms with E-state index in [1.54, 1.807) is 0 Å². The maximum absolute atomic E-state index is 11.5. The summed E-state index contributed by atoms with van der Waals surface area (Å²) >= 11 is 0. The van der Waals surface area contributed by atoms with Crippen molar-refractivity contribution in [2.45, 2.75) is 25.3 Å². The Kier molecular flexibility index (Phi) is 3.79. The number of nitrogens with two attached hydrogens (primary N) is 2. The van der Waals surface area contributed by atoms with Crippen LogP contribution in [0.15, 0.2) is 0 Å². The second-order valence-corrected chi connectivity index (χ2v) is 3.66. The van der Waals surface area contributed by atoms with Crippen LogP contribution < -0.4 is 11.5 Å². The van der Waals surface area contributed by atoms with Crippen molar-refractivity contribution in [2.75, 3.05) is 13.1 Å². The summed E-state index contributed by atoms with van der Waals surface area (Å²) in [7, 11) is 0. The minimum absolute atomic E-state index is 0.00667. The highest BCUT2D eigenvalue weighted by molar-refractivity contribution is 5.93. The third-order valence-corrected chi connectivity index (χ3v) is 2.35. The van der Waals surface area contributed by atoms with Crippen molar-refractivity contribution >= 4 is 17.6 Å². The van der Waals surface area contributed by atoms with Gasteiger partial charge in [0.2, 0.25) is 11.8 Å². The van der Waals surface area contributed by atoms with E-state index in [0.717, 1.165) is 6.42 Å². The third kappa shape index (κ3) is 3.32. The van der Waals surface area contributed by atoms with Crippen molar-refractivity contribution in [3.8, 4) is 0 Å². The molecule has 0 saturated carbocycles. The summed E-state index contributed by atoms with van der Waals surface area (Å²) in [6.07, 6.45) is 1.09. The number of Topliss-reactive ketones (excluding diaryl/α,β-unsaturated/α-hetero) is 1. The van der Waals surface area contributed by atoms with Crippen LogP contribution in [0.5, 0.6) is 0 Å². The summed E-state index contributed by atoms with van der Waals surface area (Å²) in [6.45, 7) is 0.584. The third-order valence-electron chi connectivity index (χ3n) is 2.35. The van der Waals surface area contributed by atoms with Crippen LogP contribution in [0.1, 0.15) is 19.3 Å². The molecule has 2 amide bonds. The minimum Gasteiger partial charge on any atom is -0.370 e. The van der Waals surface area contributed by atoms with Gasteiger partial charge in [0.05, 0.1) is 12.6 Å². The van der Waals surface area contributed by atoms with Gasteiger partial charge < -0.3 is 16.4 Å². The predicted octanol–water partition coefficient (Wildman–Crippen LogP) is -1.62. The molecule has 6 heteroatoms. The van der Waals surface area contributed by atoms with Crippen LogP contribution in [0.25, 0.3) is 0 Å². The van der Waals surface area contributed by atoms with E-state index in [9.17, 15) is 14.4 Å². The molecule has 0 aliphatic carbocycles. The average molecular weight is 213 g/mol. The zero-order chi connectivity index (χ0) is 11.4. The largest absolute Gasteiger partial charge is 0.370 e. The van der Waals surface area contributed by atoms with E-state index >= 15 is 0 Å². The molecule has 0 aromatic heterocycles. The molecule has 0 aromatic carbocycles. The van der Waals surface area contributed by atoms with E-state index in [1.807, 2.05) is 0 Å². The number of hydrogen-bond acceptors (Lipinski definition) is 4. The Balaban J connectivity index is 2.40. The lowest BCUT2D eigenvalue weighted by Crippen LogP contribution is -2.42. The zero-order valence-electron chi connectivity index (χ0n) is 8.44. The maximum atomic E-state index is 11.5. The molecular weight excluding hydrogens is 198 g/mol. The molecule has 0 radical (unpaired) electrons. The average Bonchev–Trinajstić information content (AvgIpc) is 2.50. The van der Waals surface area contributed by atoms with Gasteiger partial charge in [0.25, 0.3) is 0 Å². The van der Waals surface area contributed by atoms with Crippen LogP contribution in [0.4, 0.5) is 0 Å². The van der Waals surface area contributed by atoms with Crippen molar-refractivity contribution < 1.29 is 14.4 Å². The van der Waals surface area contributed by atoms with E-state index in [4.69, 9.17) is 11.5 Å². The van der Waals surface area contributed by atoms with Gasteiger partial charge in [0.1, 0.15) is 0 Å². The van der Waals surface area contributed by atoms with Gasteiger partial charge in [-0.2, -0.15) is 0 Å². The highest BCUT2D eigenvalue weighted by Gasteiger charge is 2.25. The van der Waals surface area contributed by atoms with Crippen molar-refractivity contribution in [1.29, 1.82) is 0 Å². The number of carbonyl (C=O) groups excluding carboxylic acids is 3. The lowest BCUT2D eigenvalue weighted by Gasteiger charge is -2.16. The first-order chi connectivity index (χ1) is 7.00. The molecule has 0 spiro atoms. The van der Waals surface area contributed by atoms with Crippen LogP contribution >= 0.6 is 0 Å². The zero-order valence-corrected chi connectivity index (χ0v) is 8.44. The van der Waals surface area contributed by atoms with Gasteiger partial charge >= 0.3 is 0 Å². The number of carbonyl (C=O) groups is 3. The summed E-state index contributed by atoms with van der Waals surface area (Å²) in [5.41, 5.74) is 10.4. The monoisotopic (exact) mass is 213 g/mol. The highest BCUT2D eigenvalue weighted by atomic mass is 16.2. The first-order valence-corrected chi connectivity index (χ1v) is 4.85. The van der Waals surface area contributed by atoms with Crippen LogP contribution in [-0.4, -0.2) is 41.6 Å². The smallest absolute Gasteiger partial charge is 0.223 e. The van der Waals surface area contributed by atoms with Crippen molar-refractivity contribution in [3.05, 3.63) is 0 Å². The number of likely N-dealkylation sites (tertiary alicyclic amines) is 1. The van der Waals surface area contributed by atoms with E-state index in [2.05, 4.69) is 0 Å². The molecule has 1 saturated heterocycles. The number of ketones is 1. The molecule has 1 heterocycles. The molecule has 1 fully saturated rings. The lowest BCUT2D eigenvalue weighted by molar-refractivity contribution is -0.133. The fraction of sp³-hybridized carbons (Fsp3) is 0.667. The topological polar surface area (TPSA) is 106 Å². The molecule has 4 N–H and O–H groups in total. The van der Waals surface area contributed by atoms with Crippen LogP contribution in [0.3, 0.4) is 0 Å². The van der Waals surface area contributed by atoms with Gasteiger partial charge in [-0.1, -0.05) is 0 Å². The van der Waals surface area contributed by atoms with E-state index in [1.165, 1.54) is 4.90 Å². The molecular formula is C9H15N3O3. The number of hydrogen-bond donors (Lipinski definition) is 2. The summed E-state index contributed by atoms with van der Waals surface area (Å²) < 4.78 is 0. The molecule has 15 heavy (non-hydrogen) atoms. The normalized spacial score (nSPS) is 17.9. The Labute approximate surface area is 87.6 Å². The number of rotatable bonds is 5. The summed E-state index contributed by atoms with van der Waals surface area (Å²) in [5, 5.41) is 0. The van der Waals surface area contributed by atoms with Crippen LogP contribution in [-0.2, 0) is 14.4 Å². The molecule has 1 rings (SSSR count). The van der Waals surface area contributed by atoms with Gasteiger partial charge in [-0.15, -0.1) is 0 Å². The molecule has 1 aliphatic rings. The Morgan fingerprint density at radius 3 is 2.60 bits per heavy atom. The van der Waals surface area contributed by atoms with Crippen LogP contribution in [0, 0.1) is 0 Å². The molecule has 0 bridgehead atoms. The molecule has 0 unspecified atom stereocenters. The van der Waals surface area contributed by atoms with Gasteiger partial charge in [-0.3, -0.25) is 14.4 Å². The lowest BCUT2D eigenvalue weighted by atomic mass is 10.1. The fourth-order valence-electron chi connectivity index (χ4n) is 1.51. The molecule has 6 nitrogen and oxygen atoms in total. The minimum atomic E-state index is -0.893. The SMILES string of the molecule is NC(=O)C[C@H](N)C(=O)CN1CCCC1=O. The number of amides is 2. The number of nitrogens with zero attached hydrogens (tertiary/aromatic N) is 1. The van der Waals surface area contributed by atoms with Gasteiger partial charge in [-0.25, -0.2) is 0 Å². The predicted molar refractivity (Wildman–Crippen MR) is 52.6 cm³/mol. The first-order valence-electron chi connectivity index (χ1n) is 4.85. The molecule has 84 valence electrons. The molecule has 1 aliphatic heterocycles. The summed E-state index contributed by atoms with van der Waals surface area (Å²) in [4.78, 5) is 34.6. The Hall–Kier alpha value is -1.43. The van der Waals surface area contributed by atoms with E-state index in [0.29, 0.717) is 13.0 Å². The quantitative estimate of drug-likeness (QED) is 0.572.